The summed E-state index contributed by atoms with van der Waals surface area (Å²) in [6.07, 6.45) is 5.42. The van der Waals surface area contributed by atoms with Crippen LogP contribution in [0.1, 0.15) is 19.8 Å². The van der Waals surface area contributed by atoms with Gasteiger partial charge in [-0.1, -0.05) is 12.8 Å². The fourth-order valence-corrected chi connectivity index (χ4v) is 0.876. The van der Waals surface area contributed by atoms with Crippen molar-refractivity contribution in [2.75, 3.05) is 6.54 Å². The highest BCUT2D eigenvalue weighted by molar-refractivity contribution is 5.75. The predicted molar refractivity (Wildman–Crippen MR) is 51.7 cm³/mol. The number of terminal acetylenes is 1. The van der Waals surface area contributed by atoms with Crippen molar-refractivity contribution in [3.8, 4) is 12.3 Å². The number of urea groups is 1. The van der Waals surface area contributed by atoms with Crippen LogP contribution in [0.4, 0.5) is 4.79 Å². The van der Waals surface area contributed by atoms with Crippen molar-refractivity contribution >= 4 is 12.0 Å². The number of carboxylic acid groups (broad SMARTS) is 1. The molecule has 0 aliphatic carbocycles. The lowest BCUT2D eigenvalue weighted by Gasteiger charge is -2.14. The van der Waals surface area contributed by atoms with Gasteiger partial charge in [0, 0.05) is 6.04 Å². The molecule has 0 aromatic carbocycles. The molecular weight excluding hydrogens is 184 g/mol. The van der Waals surface area contributed by atoms with Gasteiger partial charge in [0.05, 0.1) is 13.0 Å². The van der Waals surface area contributed by atoms with Crippen molar-refractivity contribution in [3.63, 3.8) is 0 Å². The van der Waals surface area contributed by atoms with Gasteiger partial charge in [0.2, 0.25) is 0 Å². The molecule has 0 aliphatic rings. The molecular formula is C9H14N2O3. The highest BCUT2D eigenvalue weighted by Crippen LogP contribution is 1.96. The first-order valence-electron chi connectivity index (χ1n) is 4.29. The van der Waals surface area contributed by atoms with E-state index in [4.69, 9.17) is 11.5 Å². The minimum Gasteiger partial charge on any atom is -0.481 e. The van der Waals surface area contributed by atoms with Crippen LogP contribution in [0.3, 0.4) is 0 Å². The Balaban J connectivity index is 3.87. The summed E-state index contributed by atoms with van der Waals surface area (Å²) in [5.74, 6) is 1.31. The third kappa shape index (κ3) is 5.89. The van der Waals surface area contributed by atoms with Crippen molar-refractivity contribution in [2.24, 2.45) is 0 Å². The topological polar surface area (TPSA) is 78.4 Å². The molecule has 78 valence electrons. The third-order valence-electron chi connectivity index (χ3n) is 1.60. The molecule has 5 nitrogen and oxygen atoms in total. The molecule has 1 atom stereocenters. The number of aliphatic carboxylic acids is 1. The molecule has 0 bridgehead atoms. The van der Waals surface area contributed by atoms with Crippen molar-refractivity contribution in [1.29, 1.82) is 0 Å². The van der Waals surface area contributed by atoms with E-state index in [0.29, 0.717) is 6.42 Å². The van der Waals surface area contributed by atoms with Crippen molar-refractivity contribution in [2.45, 2.75) is 25.8 Å². The van der Waals surface area contributed by atoms with Crippen LogP contribution in [0, 0.1) is 12.3 Å². The molecule has 5 heteroatoms. The standard InChI is InChI=1S/C9H14N2O3/c1-3-5-10-9(14)11-7(4-2)6-8(12)13/h1,7H,4-6H2,2H3,(H,12,13)(H2,10,11,14). The number of nitrogens with one attached hydrogen (secondary N) is 2. The molecule has 0 aliphatic heterocycles. The van der Waals surface area contributed by atoms with Crippen LogP contribution in [-0.4, -0.2) is 29.7 Å². The van der Waals surface area contributed by atoms with Gasteiger partial charge in [-0.25, -0.2) is 4.79 Å². The van der Waals surface area contributed by atoms with Crippen LogP contribution < -0.4 is 10.6 Å². The van der Waals surface area contributed by atoms with Gasteiger partial charge in [-0.05, 0) is 6.42 Å². The highest BCUT2D eigenvalue weighted by atomic mass is 16.4. The summed E-state index contributed by atoms with van der Waals surface area (Å²) in [6.45, 7) is 1.93. The number of carbonyl (C=O) groups is 2. The Morgan fingerprint density at radius 1 is 1.57 bits per heavy atom. The SMILES string of the molecule is C#CCNC(=O)NC(CC)CC(=O)O. The first-order valence-corrected chi connectivity index (χ1v) is 4.29. The van der Waals surface area contributed by atoms with Crippen LogP contribution in [0.5, 0.6) is 0 Å². The molecule has 14 heavy (non-hydrogen) atoms. The zero-order valence-corrected chi connectivity index (χ0v) is 8.04. The summed E-state index contributed by atoms with van der Waals surface area (Å²) in [5.41, 5.74) is 0. The van der Waals surface area contributed by atoms with Crippen molar-refractivity contribution in [3.05, 3.63) is 0 Å². The normalized spacial score (nSPS) is 11.1. The Labute approximate surface area is 82.9 Å². The summed E-state index contributed by atoms with van der Waals surface area (Å²) in [4.78, 5) is 21.4. The van der Waals surface area contributed by atoms with Crippen LogP contribution in [0.2, 0.25) is 0 Å². The Morgan fingerprint density at radius 2 is 2.21 bits per heavy atom. The van der Waals surface area contributed by atoms with E-state index < -0.39 is 12.0 Å². The second-order valence-corrected chi connectivity index (χ2v) is 2.73. The smallest absolute Gasteiger partial charge is 0.315 e. The second-order valence-electron chi connectivity index (χ2n) is 2.73. The fourth-order valence-electron chi connectivity index (χ4n) is 0.876. The van der Waals surface area contributed by atoms with E-state index in [2.05, 4.69) is 16.6 Å². The van der Waals surface area contributed by atoms with E-state index in [1.165, 1.54) is 0 Å². The van der Waals surface area contributed by atoms with E-state index in [1.807, 2.05) is 0 Å². The second kappa shape index (κ2) is 6.78. The fraction of sp³-hybridized carbons (Fsp3) is 0.556. The van der Waals surface area contributed by atoms with E-state index in [9.17, 15) is 9.59 Å². The average molecular weight is 198 g/mol. The monoisotopic (exact) mass is 198 g/mol. The number of amides is 2. The Hall–Kier alpha value is -1.70. The first kappa shape index (κ1) is 12.3. The zero-order chi connectivity index (χ0) is 11.0. The maximum atomic E-state index is 11.0. The van der Waals surface area contributed by atoms with Gasteiger partial charge >= 0.3 is 12.0 Å². The largest absolute Gasteiger partial charge is 0.481 e. The van der Waals surface area contributed by atoms with E-state index in [1.54, 1.807) is 6.92 Å². The minimum absolute atomic E-state index is 0.0834. The number of carboxylic acids is 1. The molecule has 0 saturated carbocycles. The van der Waals surface area contributed by atoms with Gasteiger partial charge in [-0.2, -0.15) is 0 Å². The third-order valence-corrected chi connectivity index (χ3v) is 1.60. The summed E-state index contributed by atoms with van der Waals surface area (Å²) in [6, 6.07) is -0.790. The van der Waals surface area contributed by atoms with Gasteiger partial charge < -0.3 is 15.7 Å². The quantitative estimate of drug-likeness (QED) is 0.551. The lowest BCUT2D eigenvalue weighted by molar-refractivity contribution is -0.137. The summed E-state index contributed by atoms with van der Waals surface area (Å²) < 4.78 is 0. The maximum absolute atomic E-state index is 11.0. The average Bonchev–Trinajstić information content (AvgIpc) is 2.12. The van der Waals surface area contributed by atoms with E-state index >= 15 is 0 Å². The van der Waals surface area contributed by atoms with E-state index in [-0.39, 0.29) is 19.0 Å². The number of carbonyl (C=O) groups excluding carboxylic acids is 1. The Morgan fingerprint density at radius 3 is 2.64 bits per heavy atom. The maximum Gasteiger partial charge on any atom is 0.315 e. The van der Waals surface area contributed by atoms with Gasteiger partial charge in [0.15, 0.2) is 0 Å². The predicted octanol–water partition coefficient (Wildman–Crippen LogP) is 0.172. The number of hydrogen-bond donors (Lipinski definition) is 3. The van der Waals surface area contributed by atoms with Gasteiger partial charge in [0.1, 0.15) is 0 Å². The molecule has 0 rings (SSSR count). The van der Waals surface area contributed by atoms with Crippen LogP contribution in [-0.2, 0) is 4.79 Å². The molecule has 0 fully saturated rings. The van der Waals surface area contributed by atoms with Gasteiger partial charge in [0.25, 0.3) is 0 Å². The summed E-state index contributed by atoms with van der Waals surface area (Å²) in [5, 5.41) is 13.4. The number of rotatable bonds is 5. The molecule has 0 aromatic heterocycles. The first-order chi connectivity index (χ1) is 6.60. The minimum atomic E-state index is -0.936. The Kier molecular flexibility index (Phi) is 5.95. The summed E-state index contributed by atoms with van der Waals surface area (Å²) >= 11 is 0. The van der Waals surface area contributed by atoms with E-state index in [0.717, 1.165) is 0 Å². The highest BCUT2D eigenvalue weighted by Gasteiger charge is 2.12. The van der Waals surface area contributed by atoms with Crippen LogP contribution >= 0.6 is 0 Å². The molecule has 1 unspecified atom stereocenters. The molecule has 2 amide bonds. The molecule has 0 saturated heterocycles. The Bertz CT molecular complexity index is 245. The molecule has 0 heterocycles. The van der Waals surface area contributed by atoms with Crippen molar-refractivity contribution < 1.29 is 14.7 Å². The summed E-state index contributed by atoms with van der Waals surface area (Å²) in [7, 11) is 0. The van der Waals surface area contributed by atoms with Gasteiger partial charge in [-0.15, -0.1) is 6.42 Å². The van der Waals surface area contributed by atoms with Crippen LogP contribution in [0.15, 0.2) is 0 Å². The van der Waals surface area contributed by atoms with Gasteiger partial charge in [-0.3, -0.25) is 4.79 Å². The number of hydrogen-bond acceptors (Lipinski definition) is 2. The molecule has 0 spiro atoms. The molecule has 3 N–H and O–H groups in total. The zero-order valence-electron chi connectivity index (χ0n) is 8.04. The van der Waals surface area contributed by atoms with Crippen molar-refractivity contribution in [1.82, 2.24) is 10.6 Å². The molecule has 0 radical (unpaired) electrons. The van der Waals surface area contributed by atoms with Crippen LogP contribution in [0.25, 0.3) is 0 Å². The lowest BCUT2D eigenvalue weighted by atomic mass is 10.1. The lowest BCUT2D eigenvalue weighted by Crippen LogP contribution is -2.42. The molecule has 0 aromatic rings.